The van der Waals surface area contributed by atoms with Gasteiger partial charge in [-0.1, -0.05) is 28.8 Å². The summed E-state index contributed by atoms with van der Waals surface area (Å²) in [7, 11) is 0. The molecule has 0 unspecified atom stereocenters. The minimum Gasteiger partial charge on any atom is -0.403 e. The van der Waals surface area contributed by atoms with Crippen LogP contribution < -0.4 is 5.32 Å². The summed E-state index contributed by atoms with van der Waals surface area (Å²) in [5, 5.41) is 20.6. The van der Waals surface area contributed by atoms with E-state index in [0.717, 1.165) is 6.07 Å². The second kappa shape index (κ2) is 5.89. The van der Waals surface area contributed by atoms with Crippen molar-refractivity contribution in [2.75, 3.05) is 5.32 Å². The Bertz CT molecular complexity index is 888. The molecular formula is C13H7ClN4O5. The minimum absolute atomic E-state index is 0.122. The van der Waals surface area contributed by atoms with Gasteiger partial charge in [0.2, 0.25) is 0 Å². The number of nitro groups is 1. The molecule has 1 amide bonds. The summed E-state index contributed by atoms with van der Waals surface area (Å²) in [6.45, 7) is 0. The number of hydrogen-bond donors (Lipinski definition) is 1. The van der Waals surface area contributed by atoms with E-state index in [2.05, 4.69) is 15.5 Å². The third-order valence-corrected chi connectivity index (χ3v) is 3.07. The third-order valence-electron chi connectivity index (χ3n) is 2.75. The highest BCUT2D eigenvalue weighted by Crippen LogP contribution is 2.27. The maximum atomic E-state index is 11.9. The van der Waals surface area contributed by atoms with Crippen LogP contribution in [0.4, 0.5) is 11.9 Å². The molecule has 0 aliphatic rings. The summed E-state index contributed by atoms with van der Waals surface area (Å²) >= 11 is 6.01. The van der Waals surface area contributed by atoms with Crippen LogP contribution in [0.25, 0.3) is 11.5 Å². The number of halogens is 1. The molecule has 0 aliphatic heterocycles. The standard InChI is InChI=1S/C13H7ClN4O5/c14-8-4-2-1-3-7(8)12-16-17-13(23-12)15-11(19)9-5-6-10(22-9)18(20)21/h1-6H,(H,15,17,19). The quantitative estimate of drug-likeness (QED) is 0.573. The molecule has 9 nitrogen and oxygen atoms in total. The van der Waals surface area contributed by atoms with Gasteiger partial charge >= 0.3 is 11.9 Å². The Kier molecular flexibility index (Phi) is 3.77. The fraction of sp³-hybridized carbons (Fsp3) is 0. The first-order chi connectivity index (χ1) is 11.0. The largest absolute Gasteiger partial charge is 0.433 e. The lowest BCUT2D eigenvalue weighted by molar-refractivity contribution is -0.402. The average molecular weight is 335 g/mol. The summed E-state index contributed by atoms with van der Waals surface area (Å²) in [6, 6.07) is 8.86. The highest BCUT2D eigenvalue weighted by molar-refractivity contribution is 6.33. The van der Waals surface area contributed by atoms with Gasteiger partial charge in [-0.2, -0.15) is 0 Å². The zero-order valence-electron chi connectivity index (χ0n) is 11.2. The monoisotopic (exact) mass is 334 g/mol. The van der Waals surface area contributed by atoms with Crippen molar-refractivity contribution in [2.45, 2.75) is 0 Å². The van der Waals surface area contributed by atoms with Crippen LogP contribution in [0.15, 0.2) is 45.2 Å². The van der Waals surface area contributed by atoms with Crippen LogP contribution in [0.5, 0.6) is 0 Å². The Labute approximate surface area is 133 Å². The molecule has 0 saturated carbocycles. The second-order valence-corrected chi connectivity index (χ2v) is 4.65. The molecule has 116 valence electrons. The van der Waals surface area contributed by atoms with Crippen molar-refractivity contribution in [2.24, 2.45) is 0 Å². The number of nitrogens with zero attached hydrogens (tertiary/aromatic N) is 3. The van der Waals surface area contributed by atoms with E-state index in [0.29, 0.717) is 10.6 Å². The Hall–Kier alpha value is -3.20. The lowest BCUT2D eigenvalue weighted by Gasteiger charge is -1.97. The number of hydrogen-bond acceptors (Lipinski definition) is 7. The van der Waals surface area contributed by atoms with E-state index in [1.54, 1.807) is 24.3 Å². The first-order valence-corrected chi connectivity index (χ1v) is 6.56. The number of amides is 1. The highest BCUT2D eigenvalue weighted by atomic mass is 35.5. The first-order valence-electron chi connectivity index (χ1n) is 6.18. The summed E-state index contributed by atoms with van der Waals surface area (Å²) in [5.74, 6) is -1.43. The molecule has 0 spiro atoms. The molecule has 3 aromatic rings. The van der Waals surface area contributed by atoms with E-state index in [9.17, 15) is 14.9 Å². The third kappa shape index (κ3) is 3.04. The molecule has 0 fully saturated rings. The first kappa shape index (κ1) is 14.7. The number of nitrogens with one attached hydrogen (secondary N) is 1. The molecule has 0 radical (unpaired) electrons. The predicted molar refractivity (Wildman–Crippen MR) is 78.1 cm³/mol. The molecular weight excluding hydrogens is 328 g/mol. The number of anilines is 1. The maximum Gasteiger partial charge on any atom is 0.433 e. The van der Waals surface area contributed by atoms with E-state index in [-0.39, 0.29) is 17.7 Å². The minimum atomic E-state index is -0.757. The van der Waals surface area contributed by atoms with E-state index < -0.39 is 16.7 Å². The van der Waals surface area contributed by atoms with Gasteiger partial charge in [0.1, 0.15) is 4.92 Å². The Balaban J connectivity index is 1.77. The van der Waals surface area contributed by atoms with Gasteiger partial charge in [-0.25, -0.2) is 0 Å². The second-order valence-electron chi connectivity index (χ2n) is 4.24. The van der Waals surface area contributed by atoms with E-state index in [1.807, 2.05) is 0 Å². The van der Waals surface area contributed by atoms with Gasteiger partial charge in [0.25, 0.3) is 11.8 Å². The SMILES string of the molecule is O=C(Nc1nnc(-c2ccccc2Cl)o1)c1ccc([N+](=O)[O-])o1. The molecule has 3 rings (SSSR count). The average Bonchev–Trinajstić information content (AvgIpc) is 3.16. The van der Waals surface area contributed by atoms with Crippen LogP contribution in [0.3, 0.4) is 0 Å². The number of aromatic nitrogens is 2. The Morgan fingerprint density at radius 2 is 1.96 bits per heavy atom. The molecule has 0 aliphatic carbocycles. The molecule has 0 bridgehead atoms. The molecule has 1 N–H and O–H groups in total. The number of rotatable bonds is 4. The summed E-state index contributed by atoms with van der Waals surface area (Å²) in [4.78, 5) is 21.6. The lowest BCUT2D eigenvalue weighted by atomic mass is 10.2. The van der Waals surface area contributed by atoms with Crippen molar-refractivity contribution in [1.29, 1.82) is 0 Å². The van der Waals surface area contributed by atoms with Gasteiger partial charge in [0.05, 0.1) is 16.7 Å². The van der Waals surface area contributed by atoms with Crippen molar-refractivity contribution in [3.8, 4) is 11.5 Å². The van der Waals surface area contributed by atoms with Gasteiger partial charge in [0, 0.05) is 0 Å². The van der Waals surface area contributed by atoms with Crippen molar-refractivity contribution >= 4 is 29.4 Å². The summed E-state index contributed by atoms with van der Waals surface area (Å²) in [5.41, 5.74) is 0.510. The van der Waals surface area contributed by atoms with Gasteiger partial charge in [-0.3, -0.25) is 20.2 Å². The zero-order chi connectivity index (χ0) is 16.4. The van der Waals surface area contributed by atoms with Crippen LogP contribution in [-0.4, -0.2) is 21.0 Å². The maximum absolute atomic E-state index is 11.9. The predicted octanol–water partition coefficient (Wildman–Crippen LogP) is 3.14. The Morgan fingerprint density at radius 3 is 2.65 bits per heavy atom. The number of furan rings is 1. The van der Waals surface area contributed by atoms with Gasteiger partial charge < -0.3 is 8.83 Å². The van der Waals surface area contributed by atoms with E-state index in [4.69, 9.17) is 20.4 Å². The number of carbonyl (C=O) groups is 1. The smallest absolute Gasteiger partial charge is 0.403 e. The Morgan fingerprint density at radius 1 is 1.17 bits per heavy atom. The summed E-state index contributed by atoms with van der Waals surface area (Å²) in [6.07, 6.45) is 0. The van der Waals surface area contributed by atoms with Crippen molar-refractivity contribution in [3.05, 3.63) is 57.3 Å². The van der Waals surface area contributed by atoms with E-state index >= 15 is 0 Å². The fourth-order valence-electron chi connectivity index (χ4n) is 1.72. The van der Waals surface area contributed by atoms with Crippen LogP contribution in [0, 0.1) is 10.1 Å². The molecule has 2 heterocycles. The van der Waals surface area contributed by atoms with Crippen LogP contribution in [-0.2, 0) is 0 Å². The van der Waals surface area contributed by atoms with Gasteiger partial charge in [0.15, 0.2) is 5.76 Å². The van der Waals surface area contributed by atoms with Crippen LogP contribution in [0.2, 0.25) is 5.02 Å². The van der Waals surface area contributed by atoms with Crippen molar-refractivity contribution < 1.29 is 18.6 Å². The summed E-state index contributed by atoms with van der Waals surface area (Å²) < 4.78 is 10.1. The lowest BCUT2D eigenvalue weighted by Crippen LogP contribution is -2.11. The van der Waals surface area contributed by atoms with E-state index in [1.165, 1.54) is 6.07 Å². The molecule has 23 heavy (non-hydrogen) atoms. The molecule has 2 aromatic heterocycles. The van der Waals surface area contributed by atoms with Gasteiger partial charge in [-0.05, 0) is 18.2 Å². The molecule has 0 atom stereocenters. The molecule has 0 saturated heterocycles. The highest BCUT2D eigenvalue weighted by Gasteiger charge is 2.19. The van der Waals surface area contributed by atoms with Crippen molar-refractivity contribution in [3.63, 3.8) is 0 Å². The number of carbonyl (C=O) groups excluding carboxylic acids is 1. The van der Waals surface area contributed by atoms with Crippen LogP contribution >= 0.6 is 11.6 Å². The fourth-order valence-corrected chi connectivity index (χ4v) is 1.94. The zero-order valence-corrected chi connectivity index (χ0v) is 12.0. The normalized spacial score (nSPS) is 10.5. The van der Waals surface area contributed by atoms with Gasteiger partial charge in [-0.15, -0.1) is 5.10 Å². The van der Waals surface area contributed by atoms with Crippen molar-refractivity contribution in [1.82, 2.24) is 10.2 Å². The number of benzene rings is 1. The topological polar surface area (TPSA) is 124 Å². The van der Waals surface area contributed by atoms with Crippen LogP contribution in [0.1, 0.15) is 10.6 Å². The molecule has 10 heteroatoms. The molecule has 1 aromatic carbocycles.